The summed E-state index contributed by atoms with van der Waals surface area (Å²) in [4.78, 5) is 22.4. The summed E-state index contributed by atoms with van der Waals surface area (Å²) in [6.45, 7) is 1.98. The number of hydrogen-bond donors (Lipinski definition) is 3. The fraction of sp³-hybridized carbons (Fsp3) is 0.222. The molecule has 1 atom stereocenters. The summed E-state index contributed by atoms with van der Waals surface area (Å²) in [5.74, 6) is 0.279. The topological polar surface area (TPSA) is 93.4 Å². The molecule has 0 saturated carbocycles. The predicted octanol–water partition coefficient (Wildman–Crippen LogP) is 1.88. The molecule has 0 heterocycles. The zero-order chi connectivity index (χ0) is 17.5. The van der Waals surface area contributed by atoms with Crippen molar-refractivity contribution in [3.8, 4) is 5.75 Å². The Morgan fingerprint density at radius 1 is 1.04 bits per heavy atom. The van der Waals surface area contributed by atoms with Crippen molar-refractivity contribution in [3.63, 3.8) is 0 Å². The van der Waals surface area contributed by atoms with Crippen molar-refractivity contribution < 1.29 is 14.3 Å². The van der Waals surface area contributed by atoms with E-state index in [2.05, 4.69) is 5.32 Å². The van der Waals surface area contributed by atoms with Gasteiger partial charge in [-0.15, -0.1) is 0 Å². The lowest BCUT2D eigenvalue weighted by Gasteiger charge is -2.20. The Hall–Kier alpha value is -2.86. The second-order valence-corrected chi connectivity index (χ2v) is 5.41. The molecular weight excluding hydrogens is 306 g/mol. The number of rotatable bonds is 6. The minimum absolute atomic E-state index is 0.0342. The minimum Gasteiger partial charge on any atom is -0.497 e. The average Bonchev–Trinajstić information content (AvgIpc) is 2.56. The molecule has 0 bridgehead atoms. The fourth-order valence-corrected chi connectivity index (χ4v) is 2.36. The van der Waals surface area contributed by atoms with E-state index < -0.39 is 11.9 Å². The number of urea groups is 1. The number of hydrogen-bond acceptors (Lipinski definition) is 4. The largest absolute Gasteiger partial charge is 0.497 e. The molecule has 0 fully saturated rings. The quantitative estimate of drug-likeness (QED) is 0.755. The Bertz CT molecular complexity index is 696. The molecule has 3 amide bonds. The second-order valence-electron chi connectivity index (χ2n) is 5.41. The number of primary amides is 1. The monoisotopic (exact) mass is 327 g/mol. The number of methoxy groups -OCH3 is 1. The lowest BCUT2D eigenvalue weighted by Crippen LogP contribution is -2.41. The van der Waals surface area contributed by atoms with Gasteiger partial charge in [0.15, 0.2) is 0 Å². The highest BCUT2D eigenvalue weighted by atomic mass is 16.5. The van der Waals surface area contributed by atoms with E-state index in [1.165, 1.54) is 0 Å². The Morgan fingerprint density at radius 3 is 2.08 bits per heavy atom. The Labute approximate surface area is 141 Å². The van der Waals surface area contributed by atoms with Crippen LogP contribution in [-0.2, 0) is 4.79 Å². The van der Waals surface area contributed by atoms with Gasteiger partial charge in [0.2, 0.25) is 5.91 Å². The third kappa shape index (κ3) is 4.82. The van der Waals surface area contributed by atoms with Crippen molar-refractivity contribution in [2.75, 3.05) is 13.7 Å². The molecule has 2 aromatic carbocycles. The SMILES string of the molecule is COc1ccc([C@H](NCC(=O)NC(N)=O)c2ccc(C)cc2)cc1. The number of carbonyl (C=O) groups is 2. The first-order valence-corrected chi connectivity index (χ1v) is 7.53. The number of carbonyl (C=O) groups excluding carboxylic acids is 2. The number of nitrogens with one attached hydrogen (secondary N) is 2. The molecule has 126 valence electrons. The van der Waals surface area contributed by atoms with E-state index in [9.17, 15) is 9.59 Å². The van der Waals surface area contributed by atoms with Gasteiger partial charge in [0, 0.05) is 0 Å². The van der Waals surface area contributed by atoms with Crippen LogP contribution in [0.4, 0.5) is 4.79 Å². The van der Waals surface area contributed by atoms with E-state index in [0.717, 1.165) is 22.4 Å². The number of imide groups is 1. The van der Waals surface area contributed by atoms with E-state index in [1.54, 1.807) is 7.11 Å². The van der Waals surface area contributed by atoms with E-state index in [-0.39, 0.29) is 12.6 Å². The van der Waals surface area contributed by atoms with Crippen LogP contribution in [0.5, 0.6) is 5.75 Å². The second kappa shape index (κ2) is 8.12. The van der Waals surface area contributed by atoms with Gasteiger partial charge in [-0.3, -0.25) is 15.4 Å². The van der Waals surface area contributed by atoms with Crippen LogP contribution in [0.25, 0.3) is 0 Å². The molecule has 0 saturated heterocycles. The third-order valence-corrected chi connectivity index (χ3v) is 3.59. The van der Waals surface area contributed by atoms with Crippen LogP contribution >= 0.6 is 0 Å². The van der Waals surface area contributed by atoms with Crippen LogP contribution in [0.1, 0.15) is 22.7 Å². The molecule has 0 aromatic heterocycles. The molecule has 0 unspecified atom stereocenters. The maximum Gasteiger partial charge on any atom is 0.318 e. The van der Waals surface area contributed by atoms with Crippen LogP contribution in [0.2, 0.25) is 0 Å². The standard InChI is InChI=1S/C18H21N3O3/c1-12-3-5-13(6-4-12)17(20-11-16(22)21-18(19)23)14-7-9-15(24-2)10-8-14/h3-10,17,20H,11H2,1-2H3,(H3,19,21,22,23)/t17-/m1/s1. The minimum atomic E-state index is -0.863. The third-order valence-electron chi connectivity index (χ3n) is 3.59. The number of aryl methyl sites for hydroxylation is 1. The Kier molecular flexibility index (Phi) is 5.92. The molecule has 0 aliphatic carbocycles. The molecule has 6 nitrogen and oxygen atoms in total. The van der Waals surface area contributed by atoms with E-state index in [0.29, 0.717) is 0 Å². The zero-order valence-electron chi connectivity index (χ0n) is 13.7. The van der Waals surface area contributed by atoms with E-state index in [1.807, 2.05) is 60.8 Å². The van der Waals surface area contributed by atoms with Crippen LogP contribution in [-0.4, -0.2) is 25.6 Å². The van der Waals surface area contributed by atoms with E-state index >= 15 is 0 Å². The van der Waals surface area contributed by atoms with Crippen molar-refractivity contribution in [3.05, 3.63) is 65.2 Å². The van der Waals surface area contributed by atoms with Crippen LogP contribution in [0.3, 0.4) is 0 Å². The van der Waals surface area contributed by atoms with Crippen molar-refractivity contribution in [2.45, 2.75) is 13.0 Å². The first-order chi connectivity index (χ1) is 11.5. The van der Waals surface area contributed by atoms with Crippen LogP contribution in [0, 0.1) is 6.92 Å². The highest BCUT2D eigenvalue weighted by Crippen LogP contribution is 2.24. The molecule has 2 rings (SSSR count). The summed E-state index contributed by atoms with van der Waals surface area (Å²) in [5, 5.41) is 5.20. The van der Waals surface area contributed by atoms with Crippen molar-refractivity contribution >= 4 is 11.9 Å². The van der Waals surface area contributed by atoms with Gasteiger partial charge >= 0.3 is 6.03 Å². The van der Waals surface area contributed by atoms with Crippen LogP contribution in [0.15, 0.2) is 48.5 Å². The molecule has 2 aromatic rings. The predicted molar refractivity (Wildman–Crippen MR) is 91.7 cm³/mol. The van der Waals surface area contributed by atoms with Crippen LogP contribution < -0.4 is 21.1 Å². The van der Waals surface area contributed by atoms with Crippen molar-refractivity contribution in [1.29, 1.82) is 0 Å². The summed E-state index contributed by atoms with van der Waals surface area (Å²) in [6.07, 6.45) is 0. The molecule has 24 heavy (non-hydrogen) atoms. The van der Waals surface area contributed by atoms with Gasteiger partial charge in [0.05, 0.1) is 19.7 Å². The lowest BCUT2D eigenvalue weighted by molar-refractivity contribution is -0.119. The highest BCUT2D eigenvalue weighted by molar-refractivity contribution is 5.94. The maximum absolute atomic E-state index is 11.7. The Morgan fingerprint density at radius 2 is 1.58 bits per heavy atom. The van der Waals surface area contributed by atoms with Gasteiger partial charge in [-0.05, 0) is 30.2 Å². The Balaban J connectivity index is 2.21. The fourth-order valence-electron chi connectivity index (χ4n) is 2.36. The van der Waals surface area contributed by atoms with Gasteiger partial charge in [-0.2, -0.15) is 0 Å². The number of amides is 3. The summed E-state index contributed by atoms with van der Waals surface area (Å²) < 4.78 is 5.18. The normalized spacial score (nSPS) is 11.6. The highest BCUT2D eigenvalue weighted by Gasteiger charge is 2.15. The van der Waals surface area contributed by atoms with E-state index in [4.69, 9.17) is 10.5 Å². The number of benzene rings is 2. The first kappa shape index (κ1) is 17.5. The smallest absolute Gasteiger partial charge is 0.318 e. The number of ether oxygens (including phenoxy) is 1. The number of nitrogens with two attached hydrogens (primary N) is 1. The van der Waals surface area contributed by atoms with Gasteiger partial charge in [-0.25, -0.2) is 4.79 Å². The molecule has 0 aliphatic rings. The summed E-state index contributed by atoms with van der Waals surface area (Å²) in [7, 11) is 1.61. The molecule has 0 spiro atoms. The lowest BCUT2D eigenvalue weighted by atomic mass is 9.97. The van der Waals surface area contributed by atoms with Gasteiger partial charge in [0.25, 0.3) is 0 Å². The summed E-state index contributed by atoms with van der Waals surface area (Å²) in [5.41, 5.74) is 8.10. The van der Waals surface area contributed by atoms with Crippen molar-refractivity contribution in [2.24, 2.45) is 5.73 Å². The summed E-state index contributed by atoms with van der Waals surface area (Å²) in [6, 6.07) is 14.6. The molecule has 0 aliphatic heterocycles. The van der Waals surface area contributed by atoms with Gasteiger partial charge in [-0.1, -0.05) is 42.0 Å². The molecule has 4 N–H and O–H groups in total. The van der Waals surface area contributed by atoms with Gasteiger partial charge in [0.1, 0.15) is 5.75 Å². The first-order valence-electron chi connectivity index (χ1n) is 7.53. The maximum atomic E-state index is 11.7. The summed E-state index contributed by atoms with van der Waals surface area (Å²) >= 11 is 0. The zero-order valence-corrected chi connectivity index (χ0v) is 13.7. The molecule has 0 radical (unpaired) electrons. The van der Waals surface area contributed by atoms with Gasteiger partial charge < -0.3 is 10.5 Å². The molecular formula is C18H21N3O3. The molecule has 6 heteroatoms. The van der Waals surface area contributed by atoms with Crippen molar-refractivity contribution in [1.82, 2.24) is 10.6 Å². The average molecular weight is 327 g/mol.